The quantitative estimate of drug-likeness (QED) is 0.573. The molecule has 1 saturated carbocycles. The van der Waals surface area contributed by atoms with Gasteiger partial charge in [0.15, 0.2) is 6.29 Å². The zero-order valence-corrected chi connectivity index (χ0v) is 14.5. The van der Waals surface area contributed by atoms with Gasteiger partial charge in [0.25, 0.3) is 0 Å². The molecule has 0 unspecified atom stereocenters. The molecule has 1 heterocycles. The molecule has 0 aromatic heterocycles. The minimum absolute atomic E-state index is 0.0634. The van der Waals surface area contributed by atoms with Crippen LogP contribution in [0.25, 0.3) is 0 Å². The Morgan fingerprint density at radius 3 is 2.10 bits per heavy atom. The topological polar surface area (TPSA) is 18.5 Å². The SMILES string of the molecule is CCCCCC1CCC([C@]2(C)CO[C@H](CCC)OC2)CC1. The van der Waals surface area contributed by atoms with Crippen LogP contribution in [-0.4, -0.2) is 19.5 Å². The summed E-state index contributed by atoms with van der Waals surface area (Å²) in [5.41, 5.74) is 0.263. The van der Waals surface area contributed by atoms with Crippen molar-refractivity contribution in [3.8, 4) is 0 Å². The lowest BCUT2D eigenvalue weighted by atomic mass is 9.67. The van der Waals surface area contributed by atoms with Crippen molar-refractivity contribution in [1.29, 1.82) is 0 Å². The van der Waals surface area contributed by atoms with Gasteiger partial charge in [-0.1, -0.05) is 65.7 Å². The van der Waals surface area contributed by atoms with Crippen molar-refractivity contribution >= 4 is 0 Å². The van der Waals surface area contributed by atoms with Crippen LogP contribution in [0, 0.1) is 17.3 Å². The van der Waals surface area contributed by atoms with Crippen LogP contribution in [0.5, 0.6) is 0 Å². The number of hydrogen-bond donors (Lipinski definition) is 0. The monoisotopic (exact) mass is 296 g/mol. The fourth-order valence-corrected chi connectivity index (χ4v) is 4.13. The van der Waals surface area contributed by atoms with Crippen LogP contribution in [0.3, 0.4) is 0 Å². The van der Waals surface area contributed by atoms with E-state index in [-0.39, 0.29) is 11.7 Å². The molecule has 1 saturated heterocycles. The van der Waals surface area contributed by atoms with Crippen molar-refractivity contribution in [2.45, 2.75) is 91.3 Å². The zero-order chi connectivity index (χ0) is 15.1. The summed E-state index contributed by atoms with van der Waals surface area (Å²) in [4.78, 5) is 0. The Morgan fingerprint density at radius 1 is 0.857 bits per heavy atom. The van der Waals surface area contributed by atoms with E-state index in [0.717, 1.165) is 37.9 Å². The van der Waals surface area contributed by atoms with Gasteiger partial charge in [0, 0.05) is 5.41 Å². The zero-order valence-electron chi connectivity index (χ0n) is 14.5. The summed E-state index contributed by atoms with van der Waals surface area (Å²) in [7, 11) is 0. The van der Waals surface area contributed by atoms with Gasteiger partial charge in [0.05, 0.1) is 13.2 Å². The van der Waals surface area contributed by atoms with Gasteiger partial charge in [0.2, 0.25) is 0 Å². The van der Waals surface area contributed by atoms with Crippen molar-refractivity contribution < 1.29 is 9.47 Å². The lowest BCUT2D eigenvalue weighted by molar-refractivity contribution is -0.241. The number of unbranched alkanes of at least 4 members (excludes halogenated alkanes) is 2. The number of rotatable bonds is 7. The van der Waals surface area contributed by atoms with Crippen LogP contribution >= 0.6 is 0 Å². The van der Waals surface area contributed by atoms with Gasteiger partial charge < -0.3 is 9.47 Å². The maximum Gasteiger partial charge on any atom is 0.157 e. The molecule has 2 nitrogen and oxygen atoms in total. The molecule has 124 valence electrons. The summed E-state index contributed by atoms with van der Waals surface area (Å²) in [5, 5.41) is 0. The first-order valence-corrected chi connectivity index (χ1v) is 9.41. The second-order valence-corrected chi connectivity index (χ2v) is 7.71. The lowest BCUT2D eigenvalue weighted by Crippen LogP contribution is -2.45. The van der Waals surface area contributed by atoms with Gasteiger partial charge in [-0.05, 0) is 31.1 Å². The number of hydrogen-bond acceptors (Lipinski definition) is 2. The molecule has 0 spiro atoms. The molecule has 2 rings (SSSR count). The molecule has 0 aromatic rings. The van der Waals surface area contributed by atoms with E-state index in [2.05, 4.69) is 20.8 Å². The van der Waals surface area contributed by atoms with Gasteiger partial charge in [-0.2, -0.15) is 0 Å². The predicted molar refractivity (Wildman–Crippen MR) is 88.3 cm³/mol. The first-order chi connectivity index (χ1) is 10.2. The molecule has 2 aliphatic rings. The maximum atomic E-state index is 5.97. The summed E-state index contributed by atoms with van der Waals surface area (Å²) in [5.74, 6) is 1.80. The van der Waals surface area contributed by atoms with Crippen LogP contribution in [-0.2, 0) is 9.47 Å². The molecular weight excluding hydrogens is 260 g/mol. The Hall–Kier alpha value is -0.0800. The van der Waals surface area contributed by atoms with Gasteiger partial charge in [-0.15, -0.1) is 0 Å². The van der Waals surface area contributed by atoms with Gasteiger partial charge in [-0.3, -0.25) is 0 Å². The van der Waals surface area contributed by atoms with E-state index in [1.54, 1.807) is 0 Å². The smallest absolute Gasteiger partial charge is 0.157 e. The van der Waals surface area contributed by atoms with Crippen LogP contribution in [0.4, 0.5) is 0 Å². The van der Waals surface area contributed by atoms with Crippen molar-refractivity contribution in [2.24, 2.45) is 17.3 Å². The average molecular weight is 296 g/mol. The average Bonchev–Trinajstić information content (AvgIpc) is 2.51. The Kier molecular flexibility index (Phi) is 7.01. The molecule has 1 aliphatic carbocycles. The van der Waals surface area contributed by atoms with E-state index in [1.165, 1.54) is 51.4 Å². The molecule has 0 amide bonds. The predicted octanol–water partition coefficient (Wildman–Crippen LogP) is 5.55. The standard InChI is InChI=1S/C19H36O2/c1-4-6-7-9-16-10-12-17(13-11-16)19(3)14-20-18(8-5-2)21-15-19/h16-18H,4-15H2,1-3H3/t16?,17?,18-,19+. The highest BCUT2D eigenvalue weighted by molar-refractivity contribution is 4.88. The van der Waals surface area contributed by atoms with Crippen LogP contribution < -0.4 is 0 Å². The first kappa shape index (κ1) is 17.3. The van der Waals surface area contributed by atoms with Crippen LogP contribution in [0.15, 0.2) is 0 Å². The summed E-state index contributed by atoms with van der Waals surface area (Å²) in [6, 6.07) is 0. The van der Waals surface area contributed by atoms with Gasteiger partial charge in [0.1, 0.15) is 0 Å². The molecule has 0 N–H and O–H groups in total. The Bertz CT molecular complexity index is 273. The van der Waals surface area contributed by atoms with E-state index < -0.39 is 0 Å². The highest BCUT2D eigenvalue weighted by atomic mass is 16.7. The van der Waals surface area contributed by atoms with E-state index in [9.17, 15) is 0 Å². The third-order valence-corrected chi connectivity index (χ3v) is 5.77. The molecule has 2 heteroatoms. The van der Waals surface area contributed by atoms with Crippen molar-refractivity contribution in [3.63, 3.8) is 0 Å². The second kappa shape index (κ2) is 8.53. The minimum Gasteiger partial charge on any atom is -0.352 e. The van der Waals surface area contributed by atoms with E-state index in [1.807, 2.05) is 0 Å². The largest absolute Gasteiger partial charge is 0.352 e. The Balaban J connectivity index is 1.71. The first-order valence-electron chi connectivity index (χ1n) is 9.41. The maximum absolute atomic E-state index is 5.97. The molecule has 1 aliphatic heterocycles. The summed E-state index contributed by atoms with van der Waals surface area (Å²) < 4.78 is 11.9. The van der Waals surface area contributed by atoms with E-state index in [4.69, 9.17) is 9.47 Å². The van der Waals surface area contributed by atoms with Gasteiger partial charge >= 0.3 is 0 Å². The molecule has 2 fully saturated rings. The molecule has 21 heavy (non-hydrogen) atoms. The molecule has 0 radical (unpaired) electrons. The molecular formula is C19H36O2. The Morgan fingerprint density at radius 2 is 1.52 bits per heavy atom. The Labute approximate surface area is 132 Å². The summed E-state index contributed by atoms with van der Waals surface area (Å²) in [6.45, 7) is 8.69. The van der Waals surface area contributed by atoms with E-state index in [0.29, 0.717) is 0 Å². The fourth-order valence-electron chi connectivity index (χ4n) is 4.13. The summed E-state index contributed by atoms with van der Waals surface area (Å²) >= 11 is 0. The van der Waals surface area contributed by atoms with Crippen LogP contribution in [0.2, 0.25) is 0 Å². The van der Waals surface area contributed by atoms with Crippen molar-refractivity contribution in [3.05, 3.63) is 0 Å². The molecule has 0 aromatic carbocycles. The number of ether oxygens (including phenoxy) is 2. The fraction of sp³-hybridized carbons (Fsp3) is 1.00. The summed E-state index contributed by atoms with van der Waals surface area (Å²) in [6.07, 6.45) is 13.6. The van der Waals surface area contributed by atoms with Crippen molar-refractivity contribution in [1.82, 2.24) is 0 Å². The highest BCUT2D eigenvalue weighted by Gasteiger charge is 2.40. The highest BCUT2D eigenvalue weighted by Crippen LogP contribution is 2.43. The lowest BCUT2D eigenvalue weighted by Gasteiger charge is -2.45. The minimum atomic E-state index is 0.0634. The molecule has 0 bridgehead atoms. The third-order valence-electron chi connectivity index (χ3n) is 5.77. The van der Waals surface area contributed by atoms with Gasteiger partial charge in [-0.25, -0.2) is 0 Å². The third kappa shape index (κ3) is 4.96. The second-order valence-electron chi connectivity index (χ2n) is 7.71. The van der Waals surface area contributed by atoms with Crippen LogP contribution in [0.1, 0.15) is 85.0 Å². The molecule has 0 atom stereocenters. The van der Waals surface area contributed by atoms with E-state index >= 15 is 0 Å². The normalized spacial score (nSPS) is 37.6. The van der Waals surface area contributed by atoms with Crippen molar-refractivity contribution in [2.75, 3.05) is 13.2 Å².